The van der Waals surface area contributed by atoms with E-state index >= 15 is 0 Å². The highest BCUT2D eigenvalue weighted by Crippen LogP contribution is 2.67. The summed E-state index contributed by atoms with van der Waals surface area (Å²) < 4.78 is 79.5. The van der Waals surface area contributed by atoms with Crippen LogP contribution in [0.3, 0.4) is 0 Å². The molecule has 1 aliphatic carbocycles. The zero-order chi connectivity index (χ0) is 28.0. The summed E-state index contributed by atoms with van der Waals surface area (Å²) in [5.74, 6) is 0. The molecule has 0 heterocycles. The highest BCUT2D eigenvalue weighted by molar-refractivity contribution is 7.74. The molecule has 0 spiro atoms. The fourth-order valence-electron chi connectivity index (χ4n) is 5.21. The van der Waals surface area contributed by atoms with Gasteiger partial charge in [-0.25, -0.2) is 0 Å². The first kappa shape index (κ1) is 29.9. The molecular weight excluding hydrogens is 524 g/mol. The van der Waals surface area contributed by atoms with E-state index in [9.17, 15) is 26.3 Å². The minimum absolute atomic E-state index is 0.0219. The normalized spacial score (nSPS) is 16.3. The highest BCUT2D eigenvalue weighted by Gasteiger charge is 2.40. The van der Waals surface area contributed by atoms with Gasteiger partial charge in [-0.05, 0) is 64.8 Å². The van der Waals surface area contributed by atoms with Crippen LogP contribution in [-0.4, -0.2) is 16.0 Å². The van der Waals surface area contributed by atoms with Crippen LogP contribution in [0.1, 0.15) is 66.0 Å². The molecule has 0 aromatic heterocycles. The quantitative estimate of drug-likeness (QED) is 0.253. The second kappa shape index (κ2) is 10.5. The van der Waals surface area contributed by atoms with Crippen LogP contribution in [-0.2, 0) is 12.4 Å². The second-order valence-corrected chi connectivity index (χ2v) is 17.7. The van der Waals surface area contributed by atoms with E-state index in [0.717, 1.165) is 30.7 Å². The molecule has 3 rings (SSSR count). The van der Waals surface area contributed by atoms with Crippen molar-refractivity contribution in [2.24, 2.45) is 0 Å². The van der Waals surface area contributed by atoms with E-state index in [4.69, 9.17) is 0 Å². The number of hydrogen-bond acceptors (Lipinski definition) is 0. The molecule has 0 aliphatic heterocycles. The summed E-state index contributed by atoms with van der Waals surface area (Å²) in [6.45, 7) is 15.5. The Hall–Kier alpha value is -1.64. The lowest BCUT2D eigenvalue weighted by Gasteiger charge is -2.43. The van der Waals surface area contributed by atoms with Gasteiger partial charge in [0.15, 0.2) is 0 Å². The number of benzene rings is 2. The first-order valence-corrected chi connectivity index (χ1v) is 14.9. The average Bonchev–Trinajstić information content (AvgIpc) is 3.20. The summed E-state index contributed by atoms with van der Waals surface area (Å²) in [4.78, 5) is 0. The maximum absolute atomic E-state index is 13.3. The number of allylic oxidation sites excluding steroid dienone is 4. The van der Waals surface area contributed by atoms with E-state index in [1.54, 1.807) is 0 Å². The van der Waals surface area contributed by atoms with Gasteiger partial charge in [0.25, 0.3) is 0 Å². The van der Waals surface area contributed by atoms with Gasteiger partial charge in [-0.15, -0.1) is 0 Å². The summed E-state index contributed by atoms with van der Waals surface area (Å²) in [7, 11) is -1.88. The lowest BCUT2D eigenvalue weighted by atomic mass is 10.2. The van der Waals surface area contributed by atoms with Crippen LogP contribution >= 0.6 is 15.8 Å². The van der Waals surface area contributed by atoms with Gasteiger partial charge in [-0.2, -0.15) is 26.3 Å². The van der Waals surface area contributed by atoms with Crippen LogP contribution in [0.5, 0.6) is 0 Å². The molecule has 0 saturated carbocycles. The van der Waals surface area contributed by atoms with Gasteiger partial charge in [0.2, 0.25) is 0 Å². The molecule has 0 saturated heterocycles. The number of rotatable bonds is 5. The largest absolute Gasteiger partial charge is 0.416 e. The molecule has 37 heavy (non-hydrogen) atoms. The molecule has 2 aromatic rings. The molecule has 8 heteroatoms. The summed E-state index contributed by atoms with van der Waals surface area (Å²) in [5.41, 5.74) is -0.305. The third-order valence-electron chi connectivity index (χ3n) is 6.36. The Morgan fingerprint density at radius 1 is 0.649 bits per heavy atom. The van der Waals surface area contributed by atoms with Crippen molar-refractivity contribution in [3.63, 3.8) is 0 Å². The van der Waals surface area contributed by atoms with E-state index < -0.39 is 39.3 Å². The first-order valence-electron chi connectivity index (χ1n) is 12.2. The Morgan fingerprint density at radius 3 is 1.35 bits per heavy atom. The zero-order valence-electron chi connectivity index (χ0n) is 22.2. The van der Waals surface area contributed by atoms with Gasteiger partial charge in [-0.3, -0.25) is 0 Å². The van der Waals surface area contributed by atoms with Crippen LogP contribution in [0.2, 0.25) is 0 Å². The van der Waals surface area contributed by atoms with Crippen molar-refractivity contribution in [2.45, 2.75) is 83.2 Å². The third-order valence-corrected chi connectivity index (χ3v) is 12.8. The summed E-state index contributed by atoms with van der Waals surface area (Å²) in [6, 6.07) is 10.2. The molecule has 1 atom stereocenters. The predicted octanol–water partition coefficient (Wildman–Crippen LogP) is 9.84. The molecule has 0 bridgehead atoms. The third kappa shape index (κ3) is 6.87. The average molecular weight is 559 g/mol. The molecule has 1 aliphatic rings. The molecule has 0 nitrogen and oxygen atoms in total. The molecular formula is C29H34F6P2. The first-order chi connectivity index (χ1) is 16.8. The van der Waals surface area contributed by atoms with E-state index in [0.29, 0.717) is 10.6 Å². The maximum atomic E-state index is 13.3. The molecule has 0 fully saturated rings. The van der Waals surface area contributed by atoms with Crippen molar-refractivity contribution in [2.75, 3.05) is 0 Å². The molecule has 0 unspecified atom stereocenters. The van der Waals surface area contributed by atoms with Gasteiger partial charge >= 0.3 is 12.4 Å². The van der Waals surface area contributed by atoms with Crippen molar-refractivity contribution in [3.05, 3.63) is 82.7 Å². The van der Waals surface area contributed by atoms with Crippen LogP contribution < -0.4 is 10.6 Å². The lowest BCUT2D eigenvalue weighted by Crippen LogP contribution is -2.27. The smallest absolute Gasteiger partial charge is 0.166 e. The van der Waals surface area contributed by atoms with Crippen LogP contribution in [0.15, 0.2) is 71.6 Å². The molecule has 0 radical (unpaired) electrons. The predicted molar refractivity (Wildman–Crippen MR) is 146 cm³/mol. The fourth-order valence-corrected chi connectivity index (χ4v) is 12.3. The number of hydrogen-bond donors (Lipinski definition) is 0. The van der Waals surface area contributed by atoms with Gasteiger partial charge in [0, 0.05) is 5.66 Å². The van der Waals surface area contributed by atoms with Crippen molar-refractivity contribution >= 4 is 26.5 Å². The standard InChI is InChI=1S/C29H34F6P2/c1-19(24-9-8-10-25(24)37(26(2,3)4)27(5,6)7)36(22-15-11-20(12-16-22)28(30,31)32)23-17-13-21(14-18-23)29(33,34)35/h8,10-19H,9H2,1-7H3/t19-/m1/s1. The van der Waals surface area contributed by atoms with Gasteiger partial charge in [-0.1, -0.05) is 98.4 Å². The Morgan fingerprint density at radius 2 is 1.03 bits per heavy atom. The van der Waals surface area contributed by atoms with Gasteiger partial charge in [0.05, 0.1) is 11.1 Å². The molecule has 2 aromatic carbocycles. The molecule has 202 valence electrons. The Bertz CT molecular complexity index is 1070. The monoisotopic (exact) mass is 558 g/mol. The van der Waals surface area contributed by atoms with Crippen molar-refractivity contribution < 1.29 is 26.3 Å². The van der Waals surface area contributed by atoms with Crippen LogP contribution in [0.4, 0.5) is 26.3 Å². The van der Waals surface area contributed by atoms with E-state index in [-0.39, 0.29) is 16.0 Å². The lowest BCUT2D eigenvalue weighted by molar-refractivity contribution is -0.138. The summed E-state index contributed by atoms with van der Waals surface area (Å²) in [5, 5.41) is 2.77. The number of alkyl halides is 6. The Balaban J connectivity index is 2.17. The van der Waals surface area contributed by atoms with Crippen molar-refractivity contribution in [1.82, 2.24) is 0 Å². The van der Waals surface area contributed by atoms with Crippen LogP contribution in [0.25, 0.3) is 0 Å². The number of halogens is 6. The van der Waals surface area contributed by atoms with Crippen LogP contribution in [0, 0.1) is 0 Å². The zero-order valence-corrected chi connectivity index (χ0v) is 24.0. The van der Waals surface area contributed by atoms with E-state index in [1.165, 1.54) is 35.2 Å². The van der Waals surface area contributed by atoms with Gasteiger partial charge < -0.3 is 0 Å². The minimum Gasteiger partial charge on any atom is -0.166 e. The maximum Gasteiger partial charge on any atom is 0.416 e. The Kier molecular flexibility index (Phi) is 8.48. The molecule has 0 N–H and O–H groups in total. The SMILES string of the molecule is C[C@H](C1=C(P(C(C)(C)C)C(C)(C)C)C=CC1)P(c1ccc(C(F)(F)F)cc1)c1ccc(C(F)(F)F)cc1. The van der Waals surface area contributed by atoms with E-state index in [1.807, 2.05) is 0 Å². The fraction of sp³-hybridized carbons (Fsp3) is 0.448. The van der Waals surface area contributed by atoms with E-state index in [2.05, 4.69) is 60.6 Å². The highest BCUT2D eigenvalue weighted by atomic mass is 31.1. The molecule has 0 amide bonds. The Labute approximate surface area is 218 Å². The second-order valence-electron chi connectivity index (χ2n) is 11.3. The van der Waals surface area contributed by atoms with Crippen molar-refractivity contribution in [1.29, 1.82) is 0 Å². The van der Waals surface area contributed by atoms with Crippen molar-refractivity contribution in [3.8, 4) is 0 Å². The topological polar surface area (TPSA) is 0 Å². The van der Waals surface area contributed by atoms with Gasteiger partial charge in [0.1, 0.15) is 0 Å². The minimum atomic E-state index is -4.46. The summed E-state index contributed by atoms with van der Waals surface area (Å²) >= 11 is 0. The summed E-state index contributed by atoms with van der Waals surface area (Å²) in [6.07, 6.45) is -3.84.